The highest BCUT2D eigenvalue weighted by Gasteiger charge is 2.62. The summed E-state index contributed by atoms with van der Waals surface area (Å²) in [6.07, 6.45) is 6.57. The zero-order valence-corrected chi connectivity index (χ0v) is 16.7. The number of aliphatic carboxylic acids is 1. The molecule has 2 aliphatic carbocycles. The molecule has 2 saturated carbocycles. The molecule has 0 heterocycles. The van der Waals surface area contributed by atoms with Gasteiger partial charge in [-0.2, -0.15) is 0 Å². The highest BCUT2D eigenvalue weighted by atomic mass is 16.5. The van der Waals surface area contributed by atoms with Crippen molar-refractivity contribution in [3.63, 3.8) is 0 Å². The third-order valence-corrected chi connectivity index (χ3v) is 7.41. The Balaban J connectivity index is 2.37. The maximum absolute atomic E-state index is 12.3. The van der Waals surface area contributed by atoms with E-state index in [0.717, 1.165) is 37.7 Å². The summed E-state index contributed by atoms with van der Waals surface area (Å²) in [6.45, 7) is 15.6. The van der Waals surface area contributed by atoms with Crippen LogP contribution < -0.4 is 0 Å². The highest BCUT2D eigenvalue weighted by Crippen LogP contribution is 2.62. The summed E-state index contributed by atoms with van der Waals surface area (Å²) in [5.74, 6) is -0.242. The topological polar surface area (TPSA) is 63.6 Å². The molecule has 0 saturated heterocycles. The van der Waals surface area contributed by atoms with Gasteiger partial charge >= 0.3 is 11.9 Å². The first-order valence-corrected chi connectivity index (χ1v) is 9.78. The minimum absolute atomic E-state index is 0.00352. The molecule has 0 aromatic rings. The van der Waals surface area contributed by atoms with E-state index in [-0.39, 0.29) is 11.3 Å². The zero-order valence-electron chi connectivity index (χ0n) is 16.7. The fourth-order valence-corrected chi connectivity index (χ4v) is 5.91. The van der Waals surface area contributed by atoms with E-state index in [1.165, 1.54) is 6.92 Å². The predicted molar refractivity (Wildman–Crippen MR) is 103 cm³/mol. The van der Waals surface area contributed by atoms with E-state index in [0.29, 0.717) is 18.3 Å². The summed E-state index contributed by atoms with van der Waals surface area (Å²) in [7, 11) is 0. The molecule has 6 atom stereocenters. The Hall–Kier alpha value is -1.58. The first-order chi connectivity index (χ1) is 12.1. The van der Waals surface area contributed by atoms with Crippen LogP contribution in [0.25, 0.3) is 0 Å². The van der Waals surface area contributed by atoms with Gasteiger partial charge < -0.3 is 9.84 Å². The minimum Gasteiger partial charge on any atom is -0.481 e. The second-order valence-corrected chi connectivity index (χ2v) is 8.85. The Morgan fingerprint density at radius 1 is 1.27 bits per heavy atom. The molecular formula is C22H34O4. The molecule has 4 nitrogen and oxygen atoms in total. The van der Waals surface area contributed by atoms with Crippen molar-refractivity contribution < 1.29 is 19.4 Å². The molecule has 0 amide bonds. The lowest BCUT2D eigenvalue weighted by Gasteiger charge is -2.60. The van der Waals surface area contributed by atoms with Crippen molar-refractivity contribution in [3.8, 4) is 0 Å². The molecule has 0 bridgehead atoms. The van der Waals surface area contributed by atoms with Crippen LogP contribution in [-0.4, -0.2) is 23.1 Å². The molecule has 0 spiro atoms. The van der Waals surface area contributed by atoms with Crippen LogP contribution in [0.5, 0.6) is 0 Å². The van der Waals surface area contributed by atoms with Crippen LogP contribution in [0.15, 0.2) is 24.8 Å². The molecule has 0 aliphatic heterocycles. The maximum Gasteiger partial charge on any atom is 0.313 e. The van der Waals surface area contributed by atoms with Gasteiger partial charge in [-0.25, -0.2) is 0 Å². The highest BCUT2D eigenvalue weighted by molar-refractivity contribution is 5.77. The van der Waals surface area contributed by atoms with Crippen molar-refractivity contribution in [2.24, 2.45) is 28.6 Å². The number of rotatable bonds is 6. The fourth-order valence-electron chi connectivity index (χ4n) is 5.91. The first-order valence-electron chi connectivity index (χ1n) is 9.78. The van der Waals surface area contributed by atoms with Gasteiger partial charge in [0.2, 0.25) is 0 Å². The van der Waals surface area contributed by atoms with Gasteiger partial charge in [0, 0.05) is 6.92 Å². The van der Waals surface area contributed by atoms with Crippen LogP contribution in [-0.2, 0) is 14.3 Å². The zero-order chi connectivity index (χ0) is 19.7. The molecule has 0 aromatic heterocycles. The van der Waals surface area contributed by atoms with Gasteiger partial charge in [-0.3, -0.25) is 9.59 Å². The number of fused-ring (bicyclic) bond motifs is 1. The van der Waals surface area contributed by atoms with Crippen molar-refractivity contribution in [1.29, 1.82) is 0 Å². The van der Waals surface area contributed by atoms with E-state index >= 15 is 0 Å². The van der Waals surface area contributed by atoms with E-state index in [9.17, 15) is 14.7 Å². The SMILES string of the molecule is C=CC(=C)CCC1C(C)CCC2[C@]1(C)CCC(OC(C)=O)[C@]2(C)C(=O)O. The molecule has 26 heavy (non-hydrogen) atoms. The second kappa shape index (κ2) is 7.58. The molecule has 0 aromatic carbocycles. The predicted octanol–water partition coefficient (Wildman–Crippen LogP) is 4.99. The van der Waals surface area contributed by atoms with Crippen molar-refractivity contribution in [3.05, 3.63) is 24.8 Å². The Morgan fingerprint density at radius 2 is 1.92 bits per heavy atom. The molecular weight excluding hydrogens is 328 g/mol. The average Bonchev–Trinajstić information content (AvgIpc) is 2.56. The standard InChI is InChI=1S/C22H34O4/c1-7-14(2)8-10-17-15(3)9-11-18-21(17,5)13-12-19(26-16(4)23)22(18,6)20(24)25/h7,15,17-19H,1-2,8-13H2,3-6H3,(H,24,25)/t15?,17?,18?,19?,21-,22-/m1/s1. The lowest BCUT2D eigenvalue weighted by molar-refractivity contribution is -0.201. The molecule has 2 aliphatic rings. The van der Waals surface area contributed by atoms with Crippen molar-refractivity contribution >= 4 is 11.9 Å². The first kappa shape index (κ1) is 20.7. The number of carbonyl (C=O) groups is 2. The Labute approximate surface area is 157 Å². The number of ether oxygens (including phenoxy) is 1. The quantitative estimate of drug-likeness (QED) is 0.534. The van der Waals surface area contributed by atoms with E-state index in [1.807, 2.05) is 6.08 Å². The lowest BCUT2D eigenvalue weighted by atomic mass is 9.45. The van der Waals surface area contributed by atoms with E-state index in [4.69, 9.17) is 4.74 Å². The third kappa shape index (κ3) is 3.47. The molecule has 4 unspecified atom stereocenters. The maximum atomic E-state index is 12.3. The average molecular weight is 363 g/mol. The van der Waals surface area contributed by atoms with Crippen LogP contribution in [0.1, 0.15) is 66.2 Å². The number of allylic oxidation sites excluding steroid dienone is 2. The molecule has 0 radical (unpaired) electrons. The Kier molecular flexibility index (Phi) is 6.04. The molecule has 4 heteroatoms. The summed E-state index contributed by atoms with van der Waals surface area (Å²) in [5.41, 5.74) is -0.0624. The lowest BCUT2D eigenvalue weighted by Crippen LogP contribution is -2.60. The van der Waals surface area contributed by atoms with Crippen LogP contribution in [0, 0.1) is 28.6 Å². The summed E-state index contributed by atoms with van der Waals surface area (Å²) in [4.78, 5) is 23.9. The van der Waals surface area contributed by atoms with Crippen LogP contribution in [0.2, 0.25) is 0 Å². The number of hydrogen-bond donors (Lipinski definition) is 1. The van der Waals surface area contributed by atoms with Gasteiger partial charge in [-0.05, 0) is 62.2 Å². The Morgan fingerprint density at radius 3 is 2.46 bits per heavy atom. The normalized spacial score (nSPS) is 39.5. The summed E-state index contributed by atoms with van der Waals surface area (Å²) < 4.78 is 5.49. The van der Waals surface area contributed by atoms with Crippen molar-refractivity contribution in [2.45, 2.75) is 72.3 Å². The van der Waals surface area contributed by atoms with E-state index < -0.39 is 23.5 Å². The van der Waals surface area contributed by atoms with E-state index in [2.05, 4.69) is 27.0 Å². The molecule has 146 valence electrons. The Bertz CT molecular complexity index is 595. The van der Waals surface area contributed by atoms with Gasteiger partial charge in [0.1, 0.15) is 11.5 Å². The number of esters is 1. The summed E-state index contributed by atoms with van der Waals surface area (Å²) in [6, 6.07) is 0. The molecule has 1 N–H and O–H groups in total. The smallest absolute Gasteiger partial charge is 0.313 e. The van der Waals surface area contributed by atoms with Gasteiger partial charge in [0.05, 0.1) is 0 Å². The summed E-state index contributed by atoms with van der Waals surface area (Å²) >= 11 is 0. The molecule has 2 rings (SSSR count). The number of carboxylic acids is 1. The van der Waals surface area contributed by atoms with Crippen molar-refractivity contribution in [2.75, 3.05) is 0 Å². The number of hydrogen-bond acceptors (Lipinski definition) is 3. The second-order valence-electron chi connectivity index (χ2n) is 8.85. The fraction of sp³-hybridized carbons (Fsp3) is 0.727. The van der Waals surface area contributed by atoms with Crippen LogP contribution in [0.3, 0.4) is 0 Å². The number of carbonyl (C=O) groups excluding carboxylic acids is 1. The largest absolute Gasteiger partial charge is 0.481 e. The van der Waals surface area contributed by atoms with Crippen molar-refractivity contribution in [1.82, 2.24) is 0 Å². The minimum atomic E-state index is -1.04. The number of carboxylic acid groups (broad SMARTS) is 1. The van der Waals surface area contributed by atoms with E-state index in [1.54, 1.807) is 6.92 Å². The summed E-state index contributed by atoms with van der Waals surface area (Å²) in [5, 5.41) is 10.1. The van der Waals surface area contributed by atoms with Gasteiger partial charge in [-0.15, -0.1) is 0 Å². The van der Waals surface area contributed by atoms with Gasteiger partial charge in [0.15, 0.2) is 0 Å². The monoisotopic (exact) mass is 362 g/mol. The van der Waals surface area contributed by atoms with Gasteiger partial charge in [-0.1, -0.05) is 45.1 Å². The van der Waals surface area contributed by atoms with Gasteiger partial charge in [0.25, 0.3) is 0 Å². The van der Waals surface area contributed by atoms with Crippen LogP contribution >= 0.6 is 0 Å². The third-order valence-electron chi connectivity index (χ3n) is 7.41. The molecule has 2 fully saturated rings. The van der Waals surface area contributed by atoms with Crippen LogP contribution in [0.4, 0.5) is 0 Å².